The van der Waals surface area contributed by atoms with Gasteiger partial charge in [-0.3, -0.25) is 4.79 Å². The molecular formula is C13H19NO. The first-order valence-corrected chi connectivity index (χ1v) is 5.99. The number of rotatable bonds is 2. The fourth-order valence-electron chi connectivity index (χ4n) is 2.50. The molecule has 15 heavy (non-hydrogen) atoms. The van der Waals surface area contributed by atoms with Gasteiger partial charge in [0.1, 0.15) is 0 Å². The van der Waals surface area contributed by atoms with Crippen LogP contribution in [0.25, 0.3) is 0 Å². The molecule has 0 spiro atoms. The average molecular weight is 205 g/mol. The molecule has 0 fully saturated rings. The predicted molar refractivity (Wildman–Crippen MR) is 61.5 cm³/mol. The maximum Gasteiger partial charge on any atom is 0.220 e. The Morgan fingerprint density at radius 2 is 2.40 bits per heavy atom. The van der Waals surface area contributed by atoms with Gasteiger partial charge in [0.25, 0.3) is 0 Å². The summed E-state index contributed by atoms with van der Waals surface area (Å²) in [5, 5.41) is 3.14. The molecule has 1 unspecified atom stereocenters. The Morgan fingerprint density at radius 3 is 3.20 bits per heavy atom. The summed E-state index contributed by atoms with van der Waals surface area (Å²) >= 11 is 0. The number of carbonyl (C=O) groups excluding carboxylic acids is 1. The zero-order valence-corrected chi connectivity index (χ0v) is 9.38. The van der Waals surface area contributed by atoms with E-state index < -0.39 is 0 Å². The lowest BCUT2D eigenvalue weighted by atomic mass is 9.82. The Kier molecular flexibility index (Phi) is 3.24. The topological polar surface area (TPSA) is 29.1 Å². The highest BCUT2D eigenvalue weighted by Gasteiger charge is 2.23. The van der Waals surface area contributed by atoms with Crippen molar-refractivity contribution in [1.82, 2.24) is 5.32 Å². The minimum absolute atomic E-state index is 0.184. The lowest BCUT2D eigenvalue weighted by Gasteiger charge is -2.30. The third-order valence-electron chi connectivity index (χ3n) is 3.33. The van der Waals surface area contributed by atoms with E-state index in [0.29, 0.717) is 12.5 Å². The highest BCUT2D eigenvalue weighted by molar-refractivity contribution is 5.76. The summed E-state index contributed by atoms with van der Waals surface area (Å²) in [5.74, 6) is 0.184. The van der Waals surface area contributed by atoms with Crippen LogP contribution in [-0.2, 0) is 4.79 Å². The molecule has 1 N–H and O–H groups in total. The van der Waals surface area contributed by atoms with Crippen molar-refractivity contribution in [2.45, 2.75) is 51.5 Å². The fraction of sp³-hybridized carbons (Fsp3) is 0.615. The van der Waals surface area contributed by atoms with E-state index >= 15 is 0 Å². The second-order valence-electron chi connectivity index (χ2n) is 4.36. The van der Waals surface area contributed by atoms with Gasteiger partial charge < -0.3 is 5.32 Å². The Balaban J connectivity index is 2.11. The summed E-state index contributed by atoms with van der Waals surface area (Å²) in [5.41, 5.74) is 2.97. The highest BCUT2D eigenvalue weighted by atomic mass is 16.1. The van der Waals surface area contributed by atoms with E-state index in [1.54, 1.807) is 0 Å². The smallest absolute Gasteiger partial charge is 0.220 e. The monoisotopic (exact) mass is 205 g/mol. The van der Waals surface area contributed by atoms with Gasteiger partial charge in [-0.15, -0.1) is 0 Å². The molecule has 82 valence electrons. The van der Waals surface area contributed by atoms with Crippen LogP contribution >= 0.6 is 0 Å². The fourth-order valence-corrected chi connectivity index (χ4v) is 2.50. The molecular weight excluding hydrogens is 186 g/mol. The van der Waals surface area contributed by atoms with Crippen molar-refractivity contribution >= 4 is 5.91 Å². The largest absolute Gasteiger partial charge is 0.350 e. The number of nitrogens with one attached hydrogen (secondary N) is 1. The van der Waals surface area contributed by atoms with Gasteiger partial charge in [0.2, 0.25) is 5.91 Å². The van der Waals surface area contributed by atoms with Crippen molar-refractivity contribution in [3.63, 3.8) is 0 Å². The van der Waals surface area contributed by atoms with Gasteiger partial charge in [-0.1, -0.05) is 19.1 Å². The van der Waals surface area contributed by atoms with Crippen LogP contribution in [0.4, 0.5) is 0 Å². The summed E-state index contributed by atoms with van der Waals surface area (Å²) in [4.78, 5) is 11.4. The van der Waals surface area contributed by atoms with Crippen LogP contribution in [0.15, 0.2) is 23.3 Å². The van der Waals surface area contributed by atoms with E-state index in [4.69, 9.17) is 0 Å². The Morgan fingerprint density at radius 1 is 1.53 bits per heavy atom. The quantitative estimate of drug-likeness (QED) is 0.738. The lowest BCUT2D eigenvalue weighted by Crippen LogP contribution is -2.38. The molecule has 2 aliphatic rings. The molecule has 1 atom stereocenters. The standard InChI is InChI=1S/C13H19NO/c1-2-13(15)14-12-9-5-7-10-6-3-4-8-11(10)12/h3,6,12H,2,4-5,7-9H2,1H3,(H,14,15). The molecule has 0 saturated carbocycles. The minimum Gasteiger partial charge on any atom is -0.350 e. The number of carbonyl (C=O) groups is 1. The third kappa shape index (κ3) is 2.31. The maximum absolute atomic E-state index is 11.4. The van der Waals surface area contributed by atoms with Crippen LogP contribution in [0.2, 0.25) is 0 Å². The second-order valence-corrected chi connectivity index (χ2v) is 4.36. The average Bonchev–Trinajstić information content (AvgIpc) is 2.29. The molecule has 0 aliphatic heterocycles. The third-order valence-corrected chi connectivity index (χ3v) is 3.33. The zero-order valence-electron chi connectivity index (χ0n) is 9.38. The molecule has 0 radical (unpaired) electrons. The first-order chi connectivity index (χ1) is 7.31. The van der Waals surface area contributed by atoms with Crippen molar-refractivity contribution < 1.29 is 4.79 Å². The zero-order chi connectivity index (χ0) is 10.7. The molecule has 2 rings (SSSR count). The number of allylic oxidation sites excluding steroid dienone is 3. The van der Waals surface area contributed by atoms with Crippen molar-refractivity contribution in [3.05, 3.63) is 23.3 Å². The summed E-state index contributed by atoms with van der Waals surface area (Å²) in [6.45, 7) is 1.91. The summed E-state index contributed by atoms with van der Waals surface area (Å²) in [6.07, 6.45) is 10.9. The molecule has 0 bridgehead atoms. The molecule has 2 nitrogen and oxygen atoms in total. The number of hydrogen-bond donors (Lipinski definition) is 1. The molecule has 0 aromatic heterocycles. The van der Waals surface area contributed by atoms with Crippen LogP contribution in [0, 0.1) is 0 Å². The first-order valence-electron chi connectivity index (χ1n) is 5.99. The van der Waals surface area contributed by atoms with Crippen LogP contribution in [-0.4, -0.2) is 11.9 Å². The van der Waals surface area contributed by atoms with Crippen molar-refractivity contribution in [1.29, 1.82) is 0 Å². The molecule has 0 heterocycles. The number of amides is 1. The summed E-state index contributed by atoms with van der Waals surface area (Å²) < 4.78 is 0. The van der Waals surface area contributed by atoms with E-state index in [-0.39, 0.29) is 5.91 Å². The van der Waals surface area contributed by atoms with Crippen molar-refractivity contribution in [2.24, 2.45) is 0 Å². The molecule has 0 saturated heterocycles. The van der Waals surface area contributed by atoms with Crippen LogP contribution in [0.5, 0.6) is 0 Å². The van der Waals surface area contributed by atoms with E-state index in [9.17, 15) is 4.79 Å². The van der Waals surface area contributed by atoms with Gasteiger partial charge in [0.05, 0.1) is 6.04 Å². The van der Waals surface area contributed by atoms with E-state index in [1.165, 1.54) is 24.0 Å². The van der Waals surface area contributed by atoms with E-state index in [0.717, 1.165) is 19.3 Å². The lowest BCUT2D eigenvalue weighted by molar-refractivity contribution is -0.121. The molecule has 2 heteroatoms. The maximum atomic E-state index is 11.4. The molecule has 0 aromatic rings. The van der Waals surface area contributed by atoms with Gasteiger partial charge >= 0.3 is 0 Å². The predicted octanol–water partition coefficient (Wildman–Crippen LogP) is 2.71. The van der Waals surface area contributed by atoms with E-state index in [1.807, 2.05) is 6.92 Å². The van der Waals surface area contributed by atoms with Crippen LogP contribution < -0.4 is 5.32 Å². The highest BCUT2D eigenvalue weighted by Crippen LogP contribution is 2.32. The Hall–Kier alpha value is -1.05. The Labute approximate surface area is 91.4 Å². The van der Waals surface area contributed by atoms with Gasteiger partial charge in [-0.05, 0) is 43.3 Å². The van der Waals surface area contributed by atoms with Gasteiger partial charge in [0.15, 0.2) is 0 Å². The van der Waals surface area contributed by atoms with Crippen molar-refractivity contribution in [2.75, 3.05) is 0 Å². The Bertz CT molecular complexity index is 314. The van der Waals surface area contributed by atoms with Gasteiger partial charge in [-0.25, -0.2) is 0 Å². The molecule has 0 aromatic carbocycles. The number of hydrogen-bond acceptors (Lipinski definition) is 1. The first kappa shape index (κ1) is 10.5. The van der Waals surface area contributed by atoms with E-state index in [2.05, 4.69) is 17.5 Å². The normalized spacial score (nSPS) is 25.0. The van der Waals surface area contributed by atoms with Crippen LogP contribution in [0.1, 0.15) is 45.4 Å². The molecule has 2 aliphatic carbocycles. The SMILES string of the molecule is CCC(=O)NC1CCCC2=C1CCC=C2. The second kappa shape index (κ2) is 4.65. The van der Waals surface area contributed by atoms with Gasteiger partial charge in [-0.2, -0.15) is 0 Å². The van der Waals surface area contributed by atoms with Gasteiger partial charge in [0, 0.05) is 6.42 Å². The minimum atomic E-state index is 0.184. The van der Waals surface area contributed by atoms with Crippen LogP contribution in [0.3, 0.4) is 0 Å². The summed E-state index contributed by atoms with van der Waals surface area (Å²) in [6, 6.07) is 0.325. The summed E-state index contributed by atoms with van der Waals surface area (Å²) in [7, 11) is 0. The molecule has 1 amide bonds. The van der Waals surface area contributed by atoms with Crippen molar-refractivity contribution in [3.8, 4) is 0 Å².